The van der Waals surface area contributed by atoms with Crippen LogP contribution in [-0.4, -0.2) is 70.8 Å². The van der Waals surface area contributed by atoms with Gasteiger partial charge in [0, 0.05) is 47.7 Å². The van der Waals surface area contributed by atoms with E-state index in [0.29, 0.717) is 42.1 Å². The maximum atomic E-state index is 13.7. The monoisotopic (exact) mass is 618 g/mol. The Bertz CT molecular complexity index is 1500. The molecule has 11 nitrogen and oxygen atoms in total. The highest BCUT2D eigenvalue weighted by Gasteiger charge is 2.64. The fourth-order valence-electron chi connectivity index (χ4n) is 7.46. The highest BCUT2D eigenvalue weighted by molar-refractivity contribution is 6.71. The Kier molecular flexibility index (Phi) is 8.46. The van der Waals surface area contributed by atoms with Crippen LogP contribution < -0.4 is 16.0 Å². The highest BCUT2D eigenvalue weighted by atomic mass is 28.4. The molecule has 2 fully saturated rings. The van der Waals surface area contributed by atoms with E-state index in [1.54, 1.807) is 4.68 Å². The number of benzene rings is 2. The van der Waals surface area contributed by atoms with Crippen LogP contribution >= 0.6 is 0 Å². The van der Waals surface area contributed by atoms with Crippen molar-refractivity contribution in [3.63, 3.8) is 0 Å². The summed E-state index contributed by atoms with van der Waals surface area (Å²) in [6, 6.07) is 15.2. The van der Waals surface area contributed by atoms with Gasteiger partial charge in [0.25, 0.3) is 5.91 Å². The van der Waals surface area contributed by atoms with Crippen LogP contribution in [-0.2, 0) is 26.5 Å². The first kappa shape index (κ1) is 30.6. The minimum absolute atomic E-state index is 0.0357. The van der Waals surface area contributed by atoms with E-state index in [2.05, 4.69) is 26.3 Å². The summed E-state index contributed by atoms with van der Waals surface area (Å²) in [4.78, 5) is 38.2. The lowest BCUT2D eigenvalue weighted by Gasteiger charge is -2.32. The number of hydrogen-bond donors (Lipinski definition) is 5. The predicted octanol–water partition coefficient (Wildman–Crippen LogP) is 3.18. The molecule has 1 aromatic heterocycles. The van der Waals surface area contributed by atoms with E-state index in [9.17, 15) is 19.5 Å². The Labute approximate surface area is 258 Å². The molecule has 2 saturated heterocycles. The summed E-state index contributed by atoms with van der Waals surface area (Å²) in [5.41, 5.74) is 2.09. The van der Waals surface area contributed by atoms with Gasteiger partial charge in [-0.3, -0.25) is 14.3 Å². The van der Waals surface area contributed by atoms with Crippen LogP contribution in [0, 0.1) is 11.8 Å². The van der Waals surface area contributed by atoms with Gasteiger partial charge in [0.2, 0.25) is 5.91 Å². The summed E-state index contributed by atoms with van der Waals surface area (Å²) in [6.45, 7) is 7.74. The highest BCUT2D eigenvalue weighted by Crippen LogP contribution is 2.58. The van der Waals surface area contributed by atoms with Gasteiger partial charge >= 0.3 is 0 Å². The normalized spacial score (nSPS) is 27.2. The molecule has 5 N–H and O–H groups in total. The van der Waals surface area contributed by atoms with Gasteiger partial charge in [-0.2, -0.15) is 0 Å². The number of fused-ring (bicyclic) bond motifs is 2. The second-order valence-electron chi connectivity index (χ2n) is 12.9. The molecular formula is C32H42N6O5Si. The van der Waals surface area contributed by atoms with E-state index in [4.69, 9.17) is 4.74 Å². The fraction of sp³-hybridized carbons (Fsp3) is 0.500. The number of hydrogen-bond acceptors (Lipinski definition) is 8. The van der Waals surface area contributed by atoms with Gasteiger partial charge in [-0.1, -0.05) is 42.5 Å². The molecule has 0 bridgehead atoms. The number of aliphatic hydroxyl groups is 1. The maximum Gasteiger partial charge on any atom is 0.261 e. The van der Waals surface area contributed by atoms with Crippen molar-refractivity contribution in [2.75, 3.05) is 30.3 Å². The first-order chi connectivity index (χ1) is 21.1. The zero-order valence-corrected chi connectivity index (χ0v) is 26.5. The number of rotatable bonds is 9. The number of aryl methyl sites for hydroxylation is 1. The van der Waals surface area contributed by atoms with E-state index in [1.807, 2.05) is 74.7 Å². The van der Waals surface area contributed by atoms with Crippen LogP contribution in [0.1, 0.15) is 48.9 Å². The molecule has 6 rings (SSSR count). The first-order valence-electron chi connectivity index (χ1n) is 15.6. The molecule has 12 heteroatoms. The molecule has 234 valence electrons. The minimum Gasteiger partial charge on any atom is -0.432 e. The molecule has 3 aliphatic heterocycles. The molecule has 2 amide bonds. The van der Waals surface area contributed by atoms with Crippen LogP contribution in [0.3, 0.4) is 0 Å². The number of aromatic nitrogens is 3. The van der Waals surface area contributed by atoms with Gasteiger partial charge in [0.1, 0.15) is 0 Å². The number of piperidine rings is 1. The van der Waals surface area contributed by atoms with Gasteiger partial charge in [-0.15, -0.1) is 5.10 Å². The summed E-state index contributed by atoms with van der Waals surface area (Å²) in [7, 11) is -2.82. The van der Waals surface area contributed by atoms with E-state index in [0.717, 1.165) is 24.9 Å². The number of nitrogens with one attached hydrogen (secondary N) is 3. The average molecular weight is 619 g/mol. The molecule has 0 radical (unpaired) electrons. The zero-order valence-electron chi connectivity index (χ0n) is 25.5. The summed E-state index contributed by atoms with van der Waals surface area (Å²) < 4.78 is 8.52. The topological polar surface area (TPSA) is 151 Å². The number of anilines is 2. The quantitative estimate of drug-likeness (QED) is 0.230. The molecular weight excluding hydrogens is 576 g/mol. The Morgan fingerprint density at radius 1 is 1.25 bits per heavy atom. The largest absolute Gasteiger partial charge is 0.432 e. The average Bonchev–Trinajstić information content (AvgIpc) is 3.68. The van der Waals surface area contributed by atoms with Crippen molar-refractivity contribution in [1.82, 2.24) is 20.3 Å². The lowest BCUT2D eigenvalue weighted by atomic mass is 9.82. The molecule has 3 aromatic rings. The second-order valence-corrected chi connectivity index (χ2v) is 16.9. The van der Waals surface area contributed by atoms with Crippen molar-refractivity contribution < 1.29 is 24.2 Å². The number of carbonyl (C=O) groups is 2. The van der Waals surface area contributed by atoms with Crippen LogP contribution in [0.25, 0.3) is 0 Å². The van der Waals surface area contributed by atoms with E-state index >= 15 is 0 Å². The summed E-state index contributed by atoms with van der Waals surface area (Å²) >= 11 is 0. The molecule has 2 unspecified atom stereocenters. The molecule has 44 heavy (non-hydrogen) atoms. The molecule has 2 aromatic carbocycles. The summed E-state index contributed by atoms with van der Waals surface area (Å²) in [5.74, 6) is -0.971. The predicted molar refractivity (Wildman–Crippen MR) is 168 cm³/mol. The third kappa shape index (κ3) is 5.61. The van der Waals surface area contributed by atoms with Gasteiger partial charge < -0.3 is 30.6 Å². The number of aliphatic hydroxyl groups excluding tert-OH is 1. The number of nitrogens with zero attached hydrogens (tertiary/aromatic N) is 3. The third-order valence-corrected chi connectivity index (χ3v) is 12.1. The number of carbonyl (C=O) groups excluding carboxylic acids is 2. The van der Waals surface area contributed by atoms with E-state index in [-0.39, 0.29) is 41.7 Å². The SMILES string of the molecule is C[C@@H]1[C@@H]([Si](C)(C)O)[C@H](CCn2cc(C(CO)c3ccccc3)nn2)O[C@@]12C(=O)Nc1ccc(NC(=O)C3CCCNC3)cc12. The smallest absolute Gasteiger partial charge is 0.261 e. The molecule has 0 saturated carbocycles. The Morgan fingerprint density at radius 2 is 2.05 bits per heavy atom. The Morgan fingerprint density at radius 3 is 2.75 bits per heavy atom. The Balaban J connectivity index is 1.23. The van der Waals surface area contributed by atoms with Crippen LogP contribution in [0.5, 0.6) is 0 Å². The third-order valence-electron chi connectivity index (χ3n) is 9.61. The molecule has 1 spiro atoms. The van der Waals surface area contributed by atoms with Gasteiger partial charge in [-0.25, -0.2) is 0 Å². The van der Waals surface area contributed by atoms with Crippen LogP contribution in [0.2, 0.25) is 18.6 Å². The van der Waals surface area contributed by atoms with E-state index < -0.39 is 20.0 Å². The molecule has 3 aliphatic rings. The van der Waals surface area contributed by atoms with Crippen molar-refractivity contribution >= 4 is 31.5 Å². The minimum atomic E-state index is -2.82. The number of ether oxygens (including phenoxy) is 1. The first-order valence-corrected chi connectivity index (χ1v) is 18.6. The van der Waals surface area contributed by atoms with Crippen molar-refractivity contribution in [3.05, 3.63) is 71.5 Å². The summed E-state index contributed by atoms with van der Waals surface area (Å²) in [6.07, 6.45) is 3.75. The molecule has 0 aliphatic carbocycles. The van der Waals surface area contributed by atoms with Crippen LogP contribution in [0.4, 0.5) is 11.4 Å². The van der Waals surface area contributed by atoms with Crippen molar-refractivity contribution in [1.29, 1.82) is 0 Å². The maximum absolute atomic E-state index is 13.7. The van der Waals surface area contributed by atoms with E-state index in [1.165, 1.54) is 0 Å². The fourth-order valence-corrected chi connectivity index (χ4v) is 10.1. The summed E-state index contributed by atoms with van der Waals surface area (Å²) in [5, 5.41) is 28.1. The Hall–Kier alpha value is -3.42. The standard InChI is InChI=1S/C32H42N6O5Si/c1-20-29(44(2,3)42)28(13-15-38-18-27(36-37-38)24(19-39)21-8-5-4-6-9-21)43-32(20)25-16-23(11-12-26(25)35-31(32)41)34-30(40)22-10-7-14-33-17-22/h4-6,8-9,11-12,16,18,20,22,24,28-29,33,39,42H,7,10,13-15,17,19H2,1-3H3,(H,34,40)(H,35,41)/t20-,22?,24?,28+,29-,32+/m1/s1. The lowest BCUT2D eigenvalue weighted by molar-refractivity contribution is -0.143. The van der Waals surface area contributed by atoms with Gasteiger partial charge in [-0.05, 0) is 62.7 Å². The molecule has 4 heterocycles. The second kappa shape index (κ2) is 12.2. The molecule has 6 atom stereocenters. The van der Waals surface area contributed by atoms with Crippen molar-refractivity contribution in [2.45, 2.75) is 69.0 Å². The van der Waals surface area contributed by atoms with Gasteiger partial charge in [0.05, 0.1) is 30.2 Å². The zero-order chi connectivity index (χ0) is 31.1. The van der Waals surface area contributed by atoms with Crippen molar-refractivity contribution in [3.8, 4) is 0 Å². The van der Waals surface area contributed by atoms with Crippen LogP contribution in [0.15, 0.2) is 54.7 Å². The van der Waals surface area contributed by atoms with Gasteiger partial charge in [0.15, 0.2) is 13.9 Å². The van der Waals surface area contributed by atoms with Crippen molar-refractivity contribution in [2.24, 2.45) is 11.8 Å². The number of amides is 2. The lowest BCUT2D eigenvalue weighted by Crippen LogP contribution is -2.43.